The summed E-state index contributed by atoms with van der Waals surface area (Å²) in [6.45, 7) is 2.27. The third kappa shape index (κ3) is 4.00. The maximum absolute atomic E-state index is 12.7. The predicted molar refractivity (Wildman–Crippen MR) is 112 cm³/mol. The van der Waals surface area contributed by atoms with Crippen molar-refractivity contribution in [3.63, 3.8) is 0 Å². The number of hydrogen-bond acceptors (Lipinski definition) is 7. The summed E-state index contributed by atoms with van der Waals surface area (Å²) in [6, 6.07) is 6.78. The number of amides is 1. The van der Waals surface area contributed by atoms with Crippen molar-refractivity contribution in [1.29, 1.82) is 0 Å². The molecule has 0 radical (unpaired) electrons. The lowest BCUT2D eigenvalue weighted by Gasteiger charge is -2.20. The van der Waals surface area contributed by atoms with E-state index in [1.807, 2.05) is 6.92 Å². The van der Waals surface area contributed by atoms with Crippen molar-refractivity contribution in [2.75, 3.05) is 17.7 Å². The molecule has 0 spiro atoms. The van der Waals surface area contributed by atoms with Crippen molar-refractivity contribution < 1.29 is 4.79 Å². The number of hydrogen-bond donors (Lipinski definition) is 2. The molecule has 3 N–H and O–H groups in total. The van der Waals surface area contributed by atoms with Crippen molar-refractivity contribution in [3.05, 3.63) is 55.5 Å². The standard InChI is InChI=1S/C19H23N7O4/c1-3-4-10-25-16(20)15(17(28)21-19(25)30)24(2)14(27)9-11-26-18(29)12-7-5-6-8-13(12)22-23-26/h5-8H,3-4,9-11,20H2,1-2H3,(H,21,28,30). The zero-order chi connectivity index (χ0) is 21.8. The number of benzene rings is 1. The molecule has 0 fully saturated rings. The molecule has 0 saturated heterocycles. The molecular weight excluding hydrogens is 390 g/mol. The van der Waals surface area contributed by atoms with Crippen LogP contribution in [0.1, 0.15) is 26.2 Å². The molecule has 3 rings (SSSR count). The Balaban J connectivity index is 1.83. The summed E-state index contributed by atoms with van der Waals surface area (Å²) >= 11 is 0. The Bertz CT molecular complexity index is 1260. The summed E-state index contributed by atoms with van der Waals surface area (Å²) in [4.78, 5) is 52.8. The molecule has 1 amide bonds. The predicted octanol–water partition coefficient (Wildman–Crippen LogP) is 0.0769. The smallest absolute Gasteiger partial charge is 0.330 e. The van der Waals surface area contributed by atoms with Gasteiger partial charge in [0.15, 0.2) is 5.69 Å². The highest BCUT2D eigenvalue weighted by Gasteiger charge is 2.21. The Morgan fingerprint density at radius 1 is 1.20 bits per heavy atom. The van der Waals surface area contributed by atoms with Crippen LogP contribution < -0.4 is 27.4 Å². The molecule has 0 saturated carbocycles. The van der Waals surface area contributed by atoms with Gasteiger partial charge in [-0.1, -0.05) is 30.7 Å². The average molecular weight is 413 g/mol. The van der Waals surface area contributed by atoms with Crippen LogP contribution in [0.4, 0.5) is 11.5 Å². The van der Waals surface area contributed by atoms with Gasteiger partial charge in [-0.2, -0.15) is 0 Å². The minimum atomic E-state index is -0.747. The van der Waals surface area contributed by atoms with E-state index >= 15 is 0 Å². The van der Waals surface area contributed by atoms with Crippen LogP contribution in [-0.4, -0.2) is 37.5 Å². The van der Waals surface area contributed by atoms with Gasteiger partial charge in [0.2, 0.25) is 5.91 Å². The first-order valence-corrected chi connectivity index (χ1v) is 9.56. The van der Waals surface area contributed by atoms with Crippen LogP contribution in [0.5, 0.6) is 0 Å². The van der Waals surface area contributed by atoms with Gasteiger partial charge in [-0.15, -0.1) is 5.10 Å². The molecule has 0 atom stereocenters. The van der Waals surface area contributed by atoms with E-state index in [2.05, 4.69) is 15.3 Å². The van der Waals surface area contributed by atoms with Gasteiger partial charge in [0.25, 0.3) is 11.1 Å². The number of rotatable bonds is 7. The fourth-order valence-electron chi connectivity index (χ4n) is 3.10. The number of carbonyl (C=O) groups excluding carboxylic acids is 1. The monoisotopic (exact) mass is 413 g/mol. The number of nitrogen functional groups attached to an aromatic ring is 1. The van der Waals surface area contributed by atoms with E-state index < -0.39 is 17.2 Å². The Morgan fingerprint density at radius 3 is 2.67 bits per heavy atom. The van der Waals surface area contributed by atoms with E-state index in [4.69, 9.17) is 5.73 Å². The van der Waals surface area contributed by atoms with Gasteiger partial charge < -0.3 is 10.6 Å². The molecule has 1 aromatic carbocycles. The lowest BCUT2D eigenvalue weighted by Crippen LogP contribution is -2.39. The molecule has 0 aliphatic heterocycles. The molecule has 30 heavy (non-hydrogen) atoms. The number of carbonyl (C=O) groups is 1. The first-order chi connectivity index (χ1) is 14.3. The van der Waals surface area contributed by atoms with E-state index in [1.165, 1.54) is 11.6 Å². The van der Waals surface area contributed by atoms with Crippen LogP contribution in [0.25, 0.3) is 10.9 Å². The fourth-order valence-corrected chi connectivity index (χ4v) is 3.10. The van der Waals surface area contributed by atoms with Crippen LogP contribution in [0.3, 0.4) is 0 Å². The summed E-state index contributed by atoms with van der Waals surface area (Å²) in [5.74, 6) is -0.537. The number of fused-ring (bicyclic) bond motifs is 1. The van der Waals surface area contributed by atoms with Gasteiger partial charge in [-0.3, -0.25) is 23.9 Å². The number of aromatic nitrogens is 5. The van der Waals surface area contributed by atoms with E-state index in [0.29, 0.717) is 23.9 Å². The highest BCUT2D eigenvalue weighted by Crippen LogP contribution is 2.16. The SMILES string of the molecule is CCCCn1c(N)c(N(C)C(=O)CCn2nnc3ccccc3c2=O)c(=O)[nH]c1=O. The second kappa shape index (κ2) is 8.72. The Morgan fingerprint density at radius 2 is 1.93 bits per heavy atom. The van der Waals surface area contributed by atoms with Crippen molar-refractivity contribution >= 4 is 28.3 Å². The van der Waals surface area contributed by atoms with Gasteiger partial charge in [0.05, 0.1) is 11.9 Å². The van der Waals surface area contributed by atoms with Crippen molar-refractivity contribution in [1.82, 2.24) is 24.5 Å². The van der Waals surface area contributed by atoms with Gasteiger partial charge >= 0.3 is 5.69 Å². The first-order valence-electron chi connectivity index (χ1n) is 9.56. The number of anilines is 2. The second-order valence-electron chi connectivity index (χ2n) is 6.84. The maximum atomic E-state index is 12.7. The highest BCUT2D eigenvalue weighted by molar-refractivity contribution is 5.94. The molecule has 0 bridgehead atoms. The van der Waals surface area contributed by atoms with Crippen LogP contribution in [-0.2, 0) is 17.9 Å². The summed E-state index contributed by atoms with van der Waals surface area (Å²) in [7, 11) is 1.40. The van der Waals surface area contributed by atoms with Crippen LogP contribution >= 0.6 is 0 Å². The van der Waals surface area contributed by atoms with E-state index in [0.717, 1.165) is 16.0 Å². The maximum Gasteiger partial charge on any atom is 0.330 e. The Kier molecular flexibility index (Phi) is 6.09. The minimum Gasteiger partial charge on any atom is -0.383 e. The minimum absolute atomic E-state index is 0.0207. The topological polar surface area (TPSA) is 149 Å². The van der Waals surface area contributed by atoms with Gasteiger partial charge in [0.1, 0.15) is 11.3 Å². The summed E-state index contributed by atoms with van der Waals surface area (Å²) < 4.78 is 2.34. The average Bonchev–Trinajstić information content (AvgIpc) is 2.72. The molecule has 11 heteroatoms. The van der Waals surface area contributed by atoms with Crippen LogP contribution in [0.15, 0.2) is 38.6 Å². The van der Waals surface area contributed by atoms with Crippen LogP contribution in [0, 0.1) is 0 Å². The first kappa shape index (κ1) is 21.0. The molecule has 0 aliphatic carbocycles. The summed E-state index contributed by atoms with van der Waals surface area (Å²) in [6.07, 6.45) is 1.41. The lowest BCUT2D eigenvalue weighted by molar-refractivity contribution is -0.118. The summed E-state index contributed by atoms with van der Waals surface area (Å²) in [5.41, 5.74) is 4.67. The molecule has 2 aromatic heterocycles. The molecule has 0 unspecified atom stereocenters. The number of unbranched alkanes of at least 4 members (excludes halogenated alkanes) is 1. The number of aryl methyl sites for hydroxylation is 1. The lowest BCUT2D eigenvalue weighted by atomic mass is 10.2. The van der Waals surface area contributed by atoms with E-state index in [9.17, 15) is 19.2 Å². The molecule has 0 aliphatic rings. The van der Waals surface area contributed by atoms with E-state index in [1.54, 1.807) is 24.3 Å². The number of H-pyrrole nitrogens is 1. The quantitative estimate of drug-likeness (QED) is 0.557. The summed E-state index contributed by atoms with van der Waals surface area (Å²) in [5, 5.41) is 8.23. The number of nitrogens with zero attached hydrogens (tertiary/aromatic N) is 5. The largest absolute Gasteiger partial charge is 0.383 e. The van der Waals surface area contributed by atoms with Crippen molar-refractivity contribution in [2.24, 2.45) is 0 Å². The third-order valence-electron chi connectivity index (χ3n) is 4.83. The number of nitrogens with two attached hydrogens (primary N) is 1. The van der Waals surface area contributed by atoms with Gasteiger partial charge in [0, 0.05) is 20.0 Å². The molecular formula is C19H23N7O4. The normalized spacial score (nSPS) is 11.0. The van der Waals surface area contributed by atoms with E-state index in [-0.39, 0.29) is 30.0 Å². The zero-order valence-electron chi connectivity index (χ0n) is 16.8. The van der Waals surface area contributed by atoms with Crippen molar-refractivity contribution in [2.45, 2.75) is 39.3 Å². The number of nitrogens with one attached hydrogen (secondary N) is 1. The van der Waals surface area contributed by atoms with Gasteiger partial charge in [-0.05, 0) is 18.6 Å². The fraction of sp³-hybridized carbons (Fsp3) is 0.368. The Labute approximate surface area is 170 Å². The number of aromatic amines is 1. The van der Waals surface area contributed by atoms with Crippen molar-refractivity contribution in [3.8, 4) is 0 Å². The van der Waals surface area contributed by atoms with Crippen LogP contribution in [0.2, 0.25) is 0 Å². The van der Waals surface area contributed by atoms with Gasteiger partial charge in [-0.25, -0.2) is 9.48 Å². The molecule has 2 heterocycles. The second-order valence-corrected chi connectivity index (χ2v) is 6.84. The molecule has 158 valence electrons. The highest BCUT2D eigenvalue weighted by atomic mass is 16.2. The zero-order valence-corrected chi connectivity index (χ0v) is 16.8. The third-order valence-corrected chi connectivity index (χ3v) is 4.83. The Hall–Kier alpha value is -3.76. The molecule has 11 nitrogen and oxygen atoms in total. The molecule has 3 aromatic rings.